The van der Waals surface area contributed by atoms with Crippen molar-refractivity contribution in [3.05, 3.63) is 65.7 Å². The van der Waals surface area contributed by atoms with Gasteiger partial charge in [-0.2, -0.15) is 4.68 Å². The van der Waals surface area contributed by atoms with Gasteiger partial charge in [0.05, 0.1) is 18.0 Å². The molecule has 0 saturated heterocycles. The van der Waals surface area contributed by atoms with Crippen molar-refractivity contribution >= 4 is 35.4 Å². The SMILES string of the molecule is CCOC(=O)/C=C/c1ccc(NC(=O)CSc2nnnn2-c2ccc(C(C)C)cc2)cc1. The molecule has 0 atom stereocenters. The predicted molar refractivity (Wildman–Crippen MR) is 125 cm³/mol. The first-order valence-corrected chi connectivity index (χ1v) is 11.2. The molecule has 0 aliphatic carbocycles. The predicted octanol–water partition coefficient (Wildman–Crippen LogP) is 4.09. The third kappa shape index (κ3) is 6.52. The van der Waals surface area contributed by atoms with E-state index in [4.69, 9.17) is 4.74 Å². The van der Waals surface area contributed by atoms with Crippen LogP contribution < -0.4 is 5.32 Å². The van der Waals surface area contributed by atoms with E-state index in [0.29, 0.717) is 23.4 Å². The summed E-state index contributed by atoms with van der Waals surface area (Å²) in [7, 11) is 0. The van der Waals surface area contributed by atoms with Gasteiger partial charge < -0.3 is 10.1 Å². The van der Waals surface area contributed by atoms with Crippen LogP contribution in [-0.2, 0) is 14.3 Å². The van der Waals surface area contributed by atoms with Crippen LogP contribution in [0.1, 0.15) is 37.8 Å². The van der Waals surface area contributed by atoms with Crippen LogP contribution in [0.15, 0.2) is 59.8 Å². The highest BCUT2D eigenvalue weighted by molar-refractivity contribution is 7.99. The molecule has 0 fully saturated rings. The summed E-state index contributed by atoms with van der Waals surface area (Å²) < 4.78 is 6.47. The van der Waals surface area contributed by atoms with E-state index in [1.54, 1.807) is 41.9 Å². The van der Waals surface area contributed by atoms with Gasteiger partial charge in [-0.1, -0.05) is 49.9 Å². The van der Waals surface area contributed by atoms with Crippen molar-refractivity contribution in [1.29, 1.82) is 0 Å². The molecule has 1 amide bonds. The van der Waals surface area contributed by atoms with Crippen LogP contribution in [0.2, 0.25) is 0 Å². The number of esters is 1. The van der Waals surface area contributed by atoms with Gasteiger partial charge >= 0.3 is 5.97 Å². The summed E-state index contributed by atoms with van der Waals surface area (Å²) in [5.74, 6) is 0.0438. The summed E-state index contributed by atoms with van der Waals surface area (Å²) in [4.78, 5) is 23.7. The second-order valence-corrected chi connectivity index (χ2v) is 8.11. The normalized spacial score (nSPS) is 11.1. The van der Waals surface area contributed by atoms with Gasteiger partial charge in [0.1, 0.15) is 0 Å². The third-order valence-electron chi connectivity index (χ3n) is 4.47. The molecule has 1 aromatic heterocycles. The lowest BCUT2D eigenvalue weighted by Gasteiger charge is -2.08. The summed E-state index contributed by atoms with van der Waals surface area (Å²) >= 11 is 1.26. The first-order valence-electron chi connectivity index (χ1n) is 10.2. The number of tetrazole rings is 1. The van der Waals surface area contributed by atoms with E-state index in [9.17, 15) is 9.59 Å². The number of nitrogens with zero attached hydrogens (tertiary/aromatic N) is 4. The lowest BCUT2D eigenvalue weighted by Crippen LogP contribution is -2.14. The summed E-state index contributed by atoms with van der Waals surface area (Å²) in [5, 5.41) is 15.2. The number of hydrogen-bond acceptors (Lipinski definition) is 7. The van der Waals surface area contributed by atoms with Crippen LogP contribution >= 0.6 is 11.8 Å². The zero-order valence-corrected chi connectivity index (χ0v) is 19.0. The van der Waals surface area contributed by atoms with Crippen molar-refractivity contribution < 1.29 is 14.3 Å². The van der Waals surface area contributed by atoms with E-state index in [0.717, 1.165) is 11.3 Å². The van der Waals surface area contributed by atoms with Crippen LogP contribution in [0.25, 0.3) is 11.8 Å². The molecule has 166 valence electrons. The molecule has 9 heteroatoms. The minimum absolute atomic E-state index is 0.162. The van der Waals surface area contributed by atoms with Crippen molar-refractivity contribution in [2.75, 3.05) is 17.7 Å². The van der Waals surface area contributed by atoms with Crippen molar-refractivity contribution in [2.45, 2.75) is 31.8 Å². The molecular formula is C23H25N5O3S. The van der Waals surface area contributed by atoms with E-state index in [2.05, 4.69) is 46.8 Å². The quantitative estimate of drug-likeness (QED) is 0.297. The summed E-state index contributed by atoms with van der Waals surface area (Å²) in [6.07, 6.45) is 3.03. The highest BCUT2D eigenvalue weighted by Crippen LogP contribution is 2.21. The number of carbonyl (C=O) groups is 2. The Bertz CT molecular complexity index is 1080. The van der Waals surface area contributed by atoms with Gasteiger partial charge in [-0.15, -0.1) is 5.10 Å². The molecule has 1 N–H and O–H groups in total. The Morgan fingerprint density at radius 1 is 1.12 bits per heavy atom. The molecule has 8 nitrogen and oxygen atoms in total. The maximum absolute atomic E-state index is 12.4. The molecule has 3 aromatic rings. The highest BCUT2D eigenvalue weighted by Gasteiger charge is 2.12. The van der Waals surface area contributed by atoms with Crippen LogP contribution in [0.3, 0.4) is 0 Å². The largest absolute Gasteiger partial charge is 0.463 e. The van der Waals surface area contributed by atoms with Gasteiger partial charge in [0.15, 0.2) is 0 Å². The minimum Gasteiger partial charge on any atom is -0.463 e. The number of nitrogens with one attached hydrogen (secondary N) is 1. The molecule has 0 unspecified atom stereocenters. The van der Waals surface area contributed by atoms with Gasteiger partial charge in [-0.25, -0.2) is 4.79 Å². The zero-order chi connectivity index (χ0) is 22.9. The lowest BCUT2D eigenvalue weighted by atomic mass is 10.0. The molecule has 0 saturated carbocycles. The van der Waals surface area contributed by atoms with E-state index in [1.807, 2.05) is 12.1 Å². The van der Waals surface area contributed by atoms with Crippen molar-refractivity contribution in [3.8, 4) is 5.69 Å². The van der Waals surface area contributed by atoms with Gasteiger partial charge in [-0.05, 0) is 64.7 Å². The number of aromatic nitrogens is 4. The molecule has 32 heavy (non-hydrogen) atoms. The Morgan fingerprint density at radius 2 is 1.84 bits per heavy atom. The Labute approximate surface area is 191 Å². The van der Waals surface area contributed by atoms with E-state index in [1.165, 1.54) is 23.4 Å². The van der Waals surface area contributed by atoms with E-state index >= 15 is 0 Å². The fraction of sp³-hybridized carbons (Fsp3) is 0.261. The number of benzene rings is 2. The zero-order valence-electron chi connectivity index (χ0n) is 18.2. The second-order valence-electron chi connectivity index (χ2n) is 7.16. The van der Waals surface area contributed by atoms with E-state index in [-0.39, 0.29) is 17.6 Å². The minimum atomic E-state index is -0.389. The number of hydrogen-bond donors (Lipinski definition) is 1. The molecule has 0 aliphatic heterocycles. The number of carbonyl (C=O) groups excluding carboxylic acids is 2. The maximum atomic E-state index is 12.4. The molecule has 3 rings (SSSR count). The average Bonchev–Trinajstić information content (AvgIpc) is 3.26. The number of ether oxygens (including phenoxy) is 1. The number of anilines is 1. The standard InChI is InChI=1S/C23H25N5O3S/c1-4-31-22(30)14-7-17-5-10-19(11-6-17)24-21(29)15-32-23-25-26-27-28(23)20-12-8-18(9-13-20)16(2)3/h5-14,16H,4,15H2,1-3H3,(H,24,29)/b14-7+. The Balaban J connectivity index is 1.54. The van der Waals surface area contributed by atoms with Crippen molar-refractivity contribution in [1.82, 2.24) is 20.2 Å². The summed E-state index contributed by atoms with van der Waals surface area (Å²) in [6.45, 7) is 6.37. The number of rotatable bonds is 9. The molecule has 0 radical (unpaired) electrons. The molecule has 1 heterocycles. The van der Waals surface area contributed by atoms with E-state index < -0.39 is 0 Å². The van der Waals surface area contributed by atoms with Crippen LogP contribution in [0.5, 0.6) is 0 Å². The van der Waals surface area contributed by atoms with Crippen LogP contribution in [0.4, 0.5) is 5.69 Å². The number of amides is 1. The molecule has 2 aromatic carbocycles. The van der Waals surface area contributed by atoms with Crippen LogP contribution in [-0.4, -0.2) is 44.4 Å². The highest BCUT2D eigenvalue weighted by atomic mass is 32.2. The first-order chi connectivity index (χ1) is 15.5. The molecule has 0 spiro atoms. The average molecular weight is 452 g/mol. The number of thioether (sulfide) groups is 1. The summed E-state index contributed by atoms with van der Waals surface area (Å²) in [6, 6.07) is 15.2. The summed E-state index contributed by atoms with van der Waals surface area (Å²) in [5.41, 5.74) is 3.56. The Hall–Kier alpha value is -3.46. The van der Waals surface area contributed by atoms with Gasteiger partial charge in [-0.3, -0.25) is 4.79 Å². The first kappa shape index (κ1) is 23.2. The maximum Gasteiger partial charge on any atom is 0.330 e. The smallest absolute Gasteiger partial charge is 0.330 e. The molecular weight excluding hydrogens is 426 g/mol. The fourth-order valence-corrected chi connectivity index (χ4v) is 3.48. The van der Waals surface area contributed by atoms with Gasteiger partial charge in [0.25, 0.3) is 0 Å². The van der Waals surface area contributed by atoms with Crippen LogP contribution in [0, 0.1) is 0 Å². The van der Waals surface area contributed by atoms with Gasteiger partial charge in [0, 0.05) is 11.8 Å². The molecule has 0 bridgehead atoms. The Kier molecular flexibility index (Phi) is 8.15. The molecule has 0 aliphatic rings. The van der Waals surface area contributed by atoms with Gasteiger partial charge in [0.2, 0.25) is 11.1 Å². The monoisotopic (exact) mass is 451 g/mol. The van der Waals surface area contributed by atoms with Crippen molar-refractivity contribution in [3.63, 3.8) is 0 Å². The second kappa shape index (κ2) is 11.2. The van der Waals surface area contributed by atoms with Crippen molar-refractivity contribution in [2.24, 2.45) is 0 Å². The third-order valence-corrected chi connectivity index (χ3v) is 5.39. The lowest BCUT2D eigenvalue weighted by molar-refractivity contribution is -0.137. The topological polar surface area (TPSA) is 99.0 Å². The fourth-order valence-electron chi connectivity index (χ4n) is 2.79. The Morgan fingerprint density at radius 3 is 2.50 bits per heavy atom.